The van der Waals surface area contributed by atoms with Crippen LogP contribution in [-0.2, 0) is 22.6 Å². The standard InChI is InChI=1S/C31H45F2N5O6/c1-43-18-24-15-35-30(36-16-24)37-7-4-22(5-8-37)3-2-10-44-25-11-27(32)26(28(33)12-25)13-29(41)38-9-6-23(17-38)14-34-19-31(42,20-39)21-40/h11-12,15-16,22-23,34,39-40,42H,2-10,13-14,17-21H2,1H3/t23-/m0/s1. The lowest BCUT2D eigenvalue weighted by molar-refractivity contribution is -0.129. The fourth-order valence-electron chi connectivity index (χ4n) is 5.73. The van der Waals surface area contributed by atoms with Gasteiger partial charge in [-0.25, -0.2) is 18.7 Å². The smallest absolute Gasteiger partial charge is 0.227 e. The molecule has 3 heterocycles. The molecule has 2 aliphatic heterocycles. The van der Waals surface area contributed by atoms with Gasteiger partial charge in [-0.2, -0.15) is 0 Å². The monoisotopic (exact) mass is 621 g/mol. The first-order valence-electron chi connectivity index (χ1n) is 15.3. The number of halogens is 2. The van der Waals surface area contributed by atoms with Crippen molar-refractivity contribution in [3.8, 4) is 5.75 Å². The van der Waals surface area contributed by atoms with E-state index in [-0.39, 0.29) is 36.1 Å². The molecule has 1 amide bonds. The van der Waals surface area contributed by atoms with Crippen LogP contribution in [0.3, 0.4) is 0 Å². The number of anilines is 1. The first kappa shape index (κ1) is 33.9. The largest absolute Gasteiger partial charge is 0.493 e. The van der Waals surface area contributed by atoms with Crippen molar-refractivity contribution < 1.29 is 38.4 Å². The summed E-state index contributed by atoms with van der Waals surface area (Å²) in [5, 5.41) is 31.3. The van der Waals surface area contributed by atoms with E-state index in [0.29, 0.717) is 45.2 Å². The molecule has 1 atom stereocenters. The molecule has 0 spiro atoms. The fraction of sp³-hybridized carbons (Fsp3) is 0.645. The summed E-state index contributed by atoms with van der Waals surface area (Å²) in [5.41, 5.74) is -0.942. The number of rotatable bonds is 16. The lowest BCUT2D eigenvalue weighted by Crippen LogP contribution is -2.48. The summed E-state index contributed by atoms with van der Waals surface area (Å²) >= 11 is 0. The van der Waals surface area contributed by atoms with E-state index in [1.165, 1.54) is 0 Å². The van der Waals surface area contributed by atoms with E-state index in [1.54, 1.807) is 24.4 Å². The third-order valence-corrected chi connectivity index (χ3v) is 8.48. The Balaban J connectivity index is 1.15. The highest BCUT2D eigenvalue weighted by molar-refractivity contribution is 5.79. The van der Waals surface area contributed by atoms with Gasteiger partial charge in [0.2, 0.25) is 11.9 Å². The van der Waals surface area contributed by atoms with E-state index < -0.39 is 30.4 Å². The van der Waals surface area contributed by atoms with E-state index in [4.69, 9.17) is 9.47 Å². The number of carbonyl (C=O) groups is 1. The highest BCUT2D eigenvalue weighted by Gasteiger charge is 2.29. The predicted molar refractivity (Wildman–Crippen MR) is 159 cm³/mol. The average molecular weight is 622 g/mol. The number of likely N-dealkylation sites (tertiary alicyclic amines) is 1. The number of nitrogens with one attached hydrogen (secondary N) is 1. The van der Waals surface area contributed by atoms with Crippen LogP contribution in [0.4, 0.5) is 14.7 Å². The molecule has 1 aromatic heterocycles. The Morgan fingerprint density at radius 2 is 1.73 bits per heavy atom. The lowest BCUT2D eigenvalue weighted by Gasteiger charge is -2.32. The molecule has 0 bridgehead atoms. The highest BCUT2D eigenvalue weighted by atomic mass is 19.1. The molecule has 2 fully saturated rings. The zero-order valence-corrected chi connectivity index (χ0v) is 25.4. The Hall–Kier alpha value is -2.97. The molecule has 13 heteroatoms. The predicted octanol–water partition coefficient (Wildman–Crippen LogP) is 1.67. The summed E-state index contributed by atoms with van der Waals surface area (Å²) < 4.78 is 40.4. The van der Waals surface area contributed by atoms with Crippen LogP contribution >= 0.6 is 0 Å². The van der Waals surface area contributed by atoms with Crippen LogP contribution in [0, 0.1) is 23.5 Å². The third kappa shape index (κ3) is 9.51. The number of benzene rings is 1. The van der Waals surface area contributed by atoms with Crippen LogP contribution in [0.1, 0.15) is 43.2 Å². The van der Waals surface area contributed by atoms with E-state index in [1.807, 2.05) is 0 Å². The third-order valence-electron chi connectivity index (χ3n) is 8.48. The number of aromatic nitrogens is 2. The van der Waals surface area contributed by atoms with Gasteiger partial charge in [-0.05, 0) is 50.5 Å². The minimum absolute atomic E-state index is 0.0100. The maximum absolute atomic E-state index is 14.8. The van der Waals surface area contributed by atoms with Crippen LogP contribution in [0.25, 0.3) is 0 Å². The summed E-state index contributed by atoms with van der Waals surface area (Å²) in [6, 6.07) is 2.28. The first-order chi connectivity index (χ1) is 21.2. The zero-order valence-electron chi connectivity index (χ0n) is 25.4. The maximum atomic E-state index is 14.8. The Labute approximate surface area is 257 Å². The normalized spacial score (nSPS) is 17.8. The van der Waals surface area contributed by atoms with Gasteiger partial charge in [-0.1, -0.05) is 0 Å². The van der Waals surface area contributed by atoms with Gasteiger partial charge < -0.3 is 39.9 Å². The molecule has 0 aliphatic carbocycles. The molecular weight excluding hydrogens is 576 g/mol. The number of aliphatic hydroxyl groups excluding tert-OH is 2. The number of ether oxygens (including phenoxy) is 2. The summed E-state index contributed by atoms with van der Waals surface area (Å²) in [7, 11) is 1.64. The number of piperidine rings is 1. The van der Waals surface area contributed by atoms with Crippen molar-refractivity contribution in [3.05, 3.63) is 47.3 Å². The second-order valence-electron chi connectivity index (χ2n) is 12.0. The van der Waals surface area contributed by atoms with Gasteiger partial charge in [0.05, 0.1) is 32.8 Å². The molecule has 11 nitrogen and oxygen atoms in total. The van der Waals surface area contributed by atoms with Crippen molar-refractivity contribution >= 4 is 11.9 Å². The minimum atomic E-state index is -1.61. The Morgan fingerprint density at radius 3 is 2.36 bits per heavy atom. The van der Waals surface area contributed by atoms with Crippen LogP contribution in [0.5, 0.6) is 5.75 Å². The topological polar surface area (TPSA) is 141 Å². The van der Waals surface area contributed by atoms with Crippen molar-refractivity contribution in [2.45, 2.75) is 50.7 Å². The number of nitrogens with zero attached hydrogens (tertiary/aromatic N) is 4. The molecule has 0 saturated carbocycles. The molecule has 0 radical (unpaired) electrons. The lowest BCUT2D eigenvalue weighted by atomic mass is 9.92. The molecule has 4 rings (SSSR count). The summed E-state index contributed by atoms with van der Waals surface area (Å²) in [6.45, 7) is 2.80. The van der Waals surface area contributed by atoms with E-state index in [0.717, 1.165) is 62.4 Å². The molecule has 244 valence electrons. The number of amides is 1. The van der Waals surface area contributed by atoms with Crippen molar-refractivity contribution in [2.24, 2.45) is 11.8 Å². The Bertz CT molecular complexity index is 1170. The SMILES string of the molecule is COCc1cnc(N2CCC(CCCOc3cc(F)c(CC(=O)N4CC[C@@H](CNCC(O)(CO)CO)C4)c(F)c3)CC2)nc1. The van der Waals surface area contributed by atoms with Gasteiger partial charge in [-0.15, -0.1) is 0 Å². The fourth-order valence-corrected chi connectivity index (χ4v) is 5.73. The van der Waals surface area contributed by atoms with Gasteiger partial charge in [0.1, 0.15) is 23.0 Å². The molecular formula is C31H45F2N5O6. The number of hydrogen-bond donors (Lipinski definition) is 4. The van der Waals surface area contributed by atoms with Gasteiger partial charge >= 0.3 is 0 Å². The number of aliphatic hydroxyl groups is 3. The first-order valence-corrected chi connectivity index (χ1v) is 15.3. The van der Waals surface area contributed by atoms with Crippen LogP contribution in [0.15, 0.2) is 24.5 Å². The molecule has 2 aromatic rings. The second kappa shape index (κ2) is 16.4. The molecule has 2 saturated heterocycles. The van der Waals surface area contributed by atoms with Crippen molar-refractivity contribution in [2.75, 3.05) is 71.1 Å². The van der Waals surface area contributed by atoms with E-state index in [2.05, 4.69) is 20.2 Å². The maximum Gasteiger partial charge on any atom is 0.227 e. The van der Waals surface area contributed by atoms with Gasteiger partial charge in [0.15, 0.2) is 0 Å². The Kier molecular flexibility index (Phi) is 12.6. The number of carbonyl (C=O) groups excluding carboxylic acids is 1. The number of hydrogen-bond acceptors (Lipinski definition) is 10. The van der Waals surface area contributed by atoms with E-state index in [9.17, 15) is 28.9 Å². The molecule has 4 N–H and O–H groups in total. The highest BCUT2D eigenvalue weighted by Crippen LogP contribution is 2.26. The van der Waals surface area contributed by atoms with Gasteiger partial charge in [-0.3, -0.25) is 4.79 Å². The molecule has 44 heavy (non-hydrogen) atoms. The van der Waals surface area contributed by atoms with Crippen LogP contribution < -0.4 is 15.0 Å². The molecule has 2 aliphatic rings. The number of methoxy groups -OCH3 is 1. The van der Waals surface area contributed by atoms with Crippen LogP contribution in [0.2, 0.25) is 0 Å². The van der Waals surface area contributed by atoms with Gasteiger partial charge in [0.25, 0.3) is 0 Å². The summed E-state index contributed by atoms with van der Waals surface area (Å²) in [6.07, 6.45) is 7.64. The minimum Gasteiger partial charge on any atom is -0.493 e. The van der Waals surface area contributed by atoms with Crippen LogP contribution in [-0.4, -0.2) is 108 Å². The van der Waals surface area contributed by atoms with Gasteiger partial charge in [0, 0.05) is 75.5 Å². The Morgan fingerprint density at radius 1 is 1.07 bits per heavy atom. The average Bonchev–Trinajstić information content (AvgIpc) is 3.51. The molecule has 1 aromatic carbocycles. The van der Waals surface area contributed by atoms with E-state index >= 15 is 0 Å². The molecule has 0 unspecified atom stereocenters. The quantitative estimate of drug-likeness (QED) is 0.205. The van der Waals surface area contributed by atoms with Crippen molar-refractivity contribution in [1.82, 2.24) is 20.2 Å². The summed E-state index contributed by atoms with van der Waals surface area (Å²) in [5.74, 6) is -0.501. The van der Waals surface area contributed by atoms with Crippen molar-refractivity contribution in [3.63, 3.8) is 0 Å². The summed E-state index contributed by atoms with van der Waals surface area (Å²) in [4.78, 5) is 25.4. The second-order valence-corrected chi connectivity index (χ2v) is 12.0. The van der Waals surface area contributed by atoms with Crippen molar-refractivity contribution in [1.29, 1.82) is 0 Å². The zero-order chi connectivity index (χ0) is 31.5.